The van der Waals surface area contributed by atoms with Gasteiger partial charge in [0.1, 0.15) is 11.5 Å². The third-order valence-electron chi connectivity index (χ3n) is 12.1. The minimum Gasteiger partial charge on any atom is -0.508 e. The molecule has 294 valence electrons. The number of hydrogen-bond acceptors (Lipinski definition) is 7. The molecule has 0 saturated carbocycles. The van der Waals surface area contributed by atoms with E-state index >= 15 is 4.79 Å². The van der Waals surface area contributed by atoms with Gasteiger partial charge in [-0.05, 0) is 104 Å². The average molecular weight is 767 g/mol. The van der Waals surface area contributed by atoms with E-state index in [1.54, 1.807) is 53.2 Å². The molecule has 0 bridgehead atoms. The third-order valence-corrected chi connectivity index (χ3v) is 12.1. The molecule has 0 unspecified atom stereocenters. The summed E-state index contributed by atoms with van der Waals surface area (Å²) in [5.41, 5.74) is 8.39. The summed E-state index contributed by atoms with van der Waals surface area (Å²) < 4.78 is 7.72. The third kappa shape index (κ3) is 7.77. The average Bonchev–Trinajstić information content (AvgIpc) is 3.53. The van der Waals surface area contributed by atoms with Gasteiger partial charge in [-0.1, -0.05) is 42.5 Å². The first-order valence-corrected chi connectivity index (χ1v) is 19.7. The summed E-state index contributed by atoms with van der Waals surface area (Å²) >= 11 is 0. The predicted octanol–water partition coefficient (Wildman–Crippen LogP) is 6.35. The number of aromatic nitrogens is 1. The lowest BCUT2D eigenvalue weighted by atomic mass is 9.89. The maximum Gasteiger partial charge on any atom is 0.415 e. The largest absolute Gasteiger partial charge is 0.508 e. The molecule has 0 spiro atoms. The Morgan fingerprint density at radius 3 is 2.21 bits per heavy atom. The topological polar surface area (TPSA) is 102 Å². The van der Waals surface area contributed by atoms with Gasteiger partial charge in [0.2, 0.25) is 0 Å². The SMILES string of the molecule is Cc1c(C(=O)N(C)c2ccc(O)cc2)cc(-c2cc3c(cc2C(=O)N2Cc4ccccc4C[C@H]2CN2CCN(C)CC2)CN(C(=O)Oc2ccccc2)CC3)n1C. The number of benzene rings is 4. The van der Waals surface area contributed by atoms with Crippen LogP contribution in [-0.4, -0.2) is 107 Å². The number of nitrogens with zero attached hydrogens (tertiary/aromatic N) is 6. The number of hydrogen-bond donors (Lipinski definition) is 1. The van der Waals surface area contributed by atoms with Crippen LogP contribution >= 0.6 is 0 Å². The molecule has 3 aliphatic heterocycles. The standard InChI is InChI=1S/C46H50N6O5/c1-31-40(44(54)49(4)36-14-16-38(53)17-15-36)27-43(48(31)3)41-25-33-18-19-51(46(56)57-39-12-6-5-7-13-39)28-35(33)26-42(41)45(55)52-29-34-11-9-8-10-32(34)24-37(52)30-50-22-20-47(2)21-23-50/h5-17,25-27,37,53H,18-24,28-30H2,1-4H3/t37-/m0/s1. The van der Waals surface area contributed by atoms with Crippen molar-refractivity contribution >= 4 is 23.6 Å². The molecule has 1 N–H and O–H groups in total. The number of phenolic OH excluding ortho intramolecular Hbond substituents is 1. The predicted molar refractivity (Wildman–Crippen MR) is 221 cm³/mol. The second-order valence-corrected chi connectivity index (χ2v) is 15.7. The normalized spacial score (nSPS) is 17.2. The van der Waals surface area contributed by atoms with Crippen molar-refractivity contribution < 1.29 is 24.2 Å². The van der Waals surface area contributed by atoms with Crippen LogP contribution < -0.4 is 9.64 Å². The summed E-state index contributed by atoms with van der Waals surface area (Å²) in [6, 6.07) is 30.0. The van der Waals surface area contributed by atoms with E-state index < -0.39 is 6.09 Å². The molecule has 0 aliphatic carbocycles. The van der Waals surface area contributed by atoms with Crippen LogP contribution in [0.25, 0.3) is 11.3 Å². The van der Waals surface area contributed by atoms with Crippen LogP contribution in [0.1, 0.15) is 48.7 Å². The molecule has 0 radical (unpaired) electrons. The summed E-state index contributed by atoms with van der Waals surface area (Å²) in [5.74, 6) is 0.343. The van der Waals surface area contributed by atoms with Crippen molar-refractivity contribution in [2.75, 3.05) is 58.3 Å². The second kappa shape index (κ2) is 15.9. The van der Waals surface area contributed by atoms with E-state index in [1.165, 1.54) is 5.56 Å². The quantitative estimate of drug-likeness (QED) is 0.206. The van der Waals surface area contributed by atoms with E-state index in [9.17, 15) is 14.7 Å². The van der Waals surface area contributed by atoms with E-state index in [0.29, 0.717) is 48.6 Å². The number of amides is 3. The van der Waals surface area contributed by atoms with Crippen LogP contribution in [-0.2, 0) is 33.0 Å². The van der Waals surface area contributed by atoms with Crippen molar-refractivity contribution in [1.29, 1.82) is 0 Å². The minimum atomic E-state index is -0.428. The number of fused-ring (bicyclic) bond motifs is 2. The number of aromatic hydroxyl groups is 1. The number of piperazine rings is 1. The zero-order chi connectivity index (χ0) is 39.8. The molecule has 3 amide bonds. The van der Waals surface area contributed by atoms with E-state index in [1.807, 2.05) is 54.9 Å². The van der Waals surface area contributed by atoms with Crippen LogP contribution in [0.3, 0.4) is 0 Å². The van der Waals surface area contributed by atoms with Gasteiger partial charge in [-0.15, -0.1) is 0 Å². The van der Waals surface area contributed by atoms with Gasteiger partial charge in [-0.2, -0.15) is 0 Å². The Morgan fingerprint density at radius 2 is 1.47 bits per heavy atom. The van der Waals surface area contributed by atoms with Crippen molar-refractivity contribution in [3.8, 4) is 22.8 Å². The summed E-state index contributed by atoms with van der Waals surface area (Å²) in [6.07, 6.45) is 0.921. The molecule has 4 heterocycles. The Hall–Kier alpha value is -5.91. The van der Waals surface area contributed by atoms with Gasteiger partial charge in [0.05, 0.1) is 5.56 Å². The second-order valence-electron chi connectivity index (χ2n) is 15.7. The minimum absolute atomic E-state index is 0.0386. The fraction of sp³-hybridized carbons (Fsp3) is 0.326. The number of carbonyl (C=O) groups is 3. The Morgan fingerprint density at radius 1 is 0.772 bits per heavy atom. The molecule has 5 aromatic rings. The van der Waals surface area contributed by atoms with Gasteiger partial charge in [0, 0.05) is 101 Å². The Kier molecular flexibility index (Phi) is 10.6. The maximum atomic E-state index is 15.4. The smallest absolute Gasteiger partial charge is 0.415 e. The number of carbonyl (C=O) groups excluding carboxylic acids is 3. The summed E-state index contributed by atoms with van der Waals surface area (Å²) in [6.45, 7) is 7.85. The van der Waals surface area contributed by atoms with Gasteiger partial charge in [0.25, 0.3) is 11.8 Å². The lowest BCUT2D eigenvalue weighted by molar-refractivity contribution is 0.0536. The van der Waals surface area contributed by atoms with Crippen LogP contribution in [0.2, 0.25) is 0 Å². The first-order chi connectivity index (χ1) is 27.5. The number of rotatable bonds is 7. The summed E-state index contributed by atoms with van der Waals surface area (Å²) in [7, 11) is 5.81. The highest BCUT2D eigenvalue weighted by Gasteiger charge is 2.35. The molecule has 8 rings (SSSR count). The lowest BCUT2D eigenvalue weighted by Gasteiger charge is -2.42. The highest BCUT2D eigenvalue weighted by molar-refractivity contribution is 6.08. The summed E-state index contributed by atoms with van der Waals surface area (Å²) in [4.78, 5) is 53.0. The van der Waals surface area contributed by atoms with Gasteiger partial charge in [-0.25, -0.2) is 4.79 Å². The van der Waals surface area contributed by atoms with Crippen LogP contribution in [0.15, 0.2) is 97.1 Å². The van der Waals surface area contributed by atoms with E-state index in [2.05, 4.69) is 46.0 Å². The number of ether oxygens (including phenoxy) is 1. The lowest BCUT2D eigenvalue weighted by Crippen LogP contribution is -2.53. The number of para-hydroxylation sites is 1. The molecule has 57 heavy (non-hydrogen) atoms. The van der Waals surface area contributed by atoms with Gasteiger partial charge in [0.15, 0.2) is 0 Å². The number of phenols is 1. The molecule has 11 heteroatoms. The van der Waals surface area contributed by atoms with Crippen molar-refractivity contribution in [1.82, 2.24) is 24.2 Å². The Balaban J connectivity index is 1.18. The zero-order valence-corrected chi connectivity index (χ0v) is 33.1. The van der Waals surface area contributed by atoms with E-state index in [-0.39, 0.29) is 23.6 Å². The molecule has 1 atom stereocenters. The molecule has 3 aliphatic rings. The van der Waals surface area contributed by atoms with E-state index in [0.717, 1.165) is 72.8 Å². The molecule has 4 aromatic carbocycles. The van der Waals surface area contributed by atoms with Crippen LogP contribution in [0.5, 0.6) is 11.5 Å². The fourth-order valence-corrected chi connectivity index (χ4v) is 8.43. The molecule has 11 nitrogen and oxygen atoms in total. The van der Waals surface area contributed by atoms with Crippen LogP contribution in [0, 0.1) is 6.92 Å². The maximum absolute atomic E-state index is 15.4. The first-order valence-electron chi connectivity index (χ1n) is 19.7. The van der Waals surface area contributed by atoms with Crippen LogP contribution in [0.4, 0.5) is 10.5 Å². The fourth-order valence-electron chi connectivity index (χ4n) is 8.43. The monoisotopic (exact) mass is 766 g/mol. The van der Waals surface area contributed by atoms with Crippen molar-refractivity contribution in [2.45, 2.75) is 38.9 Å². The zero-order valence-electron chi connectivity index (χ0n) is 33.1. The number of likely N-dealkylation sites (N-methyl/N-ethyl adjacent to an activating group) is 1. The molecular weight excluding hydrogens is 717 g/mol. The highest BCUT2D eigenvalue weighted by Crippen LogP contribution is 2.36. The molecule has 1 aromatic heterocycles. The number of anilines is 1. The Labute approximate surface area is 334 Å². The molecule has 1 fully saturated rings. The first kappa shape index (κ1) is 38.0. The highest BCUT2D eigenvalue weighted by atomic mass is 16.6. The van der Waals surface area contributed by atoms with E-state index in [4.69, 9.17) is 4.74 Å². The molecule has 1 saturated heterocycles. The Bertz CT molecular complexity index is 2300. The molecular formula is C46H50N6O5. The van der Waals surface area contributed by atoms with Gasteiger partial charge < -0.3 is 34.0 Å². The van der Waals surface area contributed by atoms with Crippen molar-refractivity contribution in [3.05, 3.63) is 136 Å². The van der Waals surface area contributed by atoms with Gasteiger partial charge >= 0.3 is 6.09 Å². The van der Waals surface area contributed by atoms with Crippen molar-refractivity contribution in [3.63, 3.8) is 0 Å². The summed E-state index contributed by atoms with van der Waals surface area (Å²) in [5, 5.41) is 9.84. The van der Waals surface area contributed by atoms with Gasteiger partial charge in [-0.3, -0.25) is 14.5 Å². The van der Waals surface area contributed by atoms with Crippen molar-refractivity contribution in [2.24, 2.45) is 7.05 Å².